The van der Waals surface area contributed by atoms with Crippen molar-refractivity contribution in [3.05, 3.63) is 0 Å². The Morgan fingerprint density at radius 3 is 1.06 bits per heavy atom. The molecule has 0 radical (unpaired) electrons. The third-order valence-electron chi connectivity index (χ3n) is 4.96. The van der Waals surface area contributed by atoms with Gasteiger partial charge in [-0.2, -0.15) is 0 Å². The topological polar surface area (TPSA) is 105 Å². The molecule has 0 unspecified atom stereocenters. The van der Waals surface area contributed by atoms with Crippen molar-refractivity contribution in [2.75, 3.05) is 26.4 Å². The lowest BCUT2D eigenvalue weighted by molar-refractivity contribution is -0.174. The van der Waals surface area contributed by atoms with E-state index in [0.29, 0.717) is 0 Å². The van der Waals surface area contributed by atoms with Crippen molar-refractivity contribution in [1.82, 2.24) is 0 Å². The van der Waals surface area contributed by atoms with Gasteiger partial charge in [0, 0.05) is 25.7 Å². The van der Waals surface area contributed by atoms with Crippen molar-refractivity contribution < 1.29 is 38.1 Å². The van der Waals surface area contributed by atoms with Crippen molar-refractivity contribution in [3.8, 4) is 36.5 Å². The van der Waals surface area contributed by atoms with Crippen molar-refractivity contribution >= 4 is 23.9 Å². The Kier molecular flexibility index (Phi) is 14.6. The quantitative estimate of drug-likeness (QED) is 0.164. The summed E-state index contributed by atoms with van der Waals surface area (Å²) in [6.07, 6.45) is 10.3. The molecule has 0 aliphatic heterocycles. The van der Waals surface area contributed by atoms with Crippen LogP contribution in [0, 0.1) is 47.4 Å². The molecule has 0 spiro atoms. The summed E-state index contributed by atoms with van der Waals surface area (Å²) in [5, 5.41) is 0. The van der Waals surface area contributed by atoms with Gasteiger partial charge in [0.25, 0.3) is 0 Å². The number of hydrogen-bond acceptors (Lipinski definition) is 8. The van der Waals surface area contributed by atoms with Gasteiger partial charge in [-0.1, -0.05) is 0 Å². The molecule has 0 aromatic carbocycles. The molecule has 0 fully saturated rings. The molecule has 0 aliphatic carbocycles. The van der Waals surface area contributed by atoms with Crippen LogP contribution in [-0.4, -0.2) is 50.3 Å². The molecule has 0 aliphatic rings. The average Bonchev–Trinajstić information content (AvgIpc) is 2.81. The van der Waals surface area contributed by atoms with Crippen LogP contribution in [0.4, 0.5) is 0 Å². The number of carbonyl (C=O) groups is 4. The van der Waals surface area contributed by atoms with Crippen molar-refractivity contribution in [1.29, 1.82) is 0 Å². The Labute approximate surface area is 202 Å². The van der Waals surface area contributed by atoms with Gasteiger partial charge in [-0.25, -0.2) is 0 Å². The summed E-state index contributed by atoms with van der Waals surface area (Å²) >= 11 is 0. The van der Waals surface area contributed by atoms with E-state index >= 15 is 0 Å². The Morgan fingerprint density at radius 2 is 0.853 bits per heavy atom. The first-order valence-electron chi connectivity index (χ1n) is 11.3. The second kappa shape index (κ2) is 16.2. The number of ether oxygens (including phenoxy) is 4. The maximum absolute atomic E-state index is 12.8. The summed E-state index contributed by atoms with van der Waals surface area (Å²) in [6, 6.07) is 0. The maximum Gasteiger partial charge on any atom is 0.324 e. The Balaban J connectivity index is 6.26. The van der Waals surface area contributed by atoms with E-state index in [1.807, 2.05) is 0 Å². The highest BCUT2D eigenvalue weighted by atomic mass is 16.6. The minimum atomic E-state index is -1.74. The molecule has 34 heavy (non-hydrogen) atoms. The number of carbonyl (C=O) groups excluding carboxylic acids is 4. The van der Waals surface area contributed by atoms with Gasteiger partial charge in [-0.3, -0.25) is 19.2 Å². The molecular weight excluding hydrogens is 440 g/mol. The van der Waals surface area contributed by atoms with Crippen LogP contribution in [0.1, 0.15) is 66.2 Å². The molecule has 0 rings (SSSR count). The van der Waals surface area contributed by atoms with Gasteiger partial charge in [0.15, 0.2) is 10.8 Å². The first kappa shape index (κ1) is 30.6. The van der Waals surface area contributed by atoms with Gasteiger partial charge in [0.2, 0.25) is 0 Å². The molecule has 0 bridgehead atoms. The first-order valence-corrected chi connectivity index (χ1v) is 11.3. The molecule has 0 aromatic heterocycles. The van der Waals surface area contributed by atoms with Gasteiger partial charge >= 0.3 is 23.9 Å². The van der Waals surface area contributed by atoms with E-state index in [2.05, 4.69) is 23.7 Å². The van der Waals surface area contributed by atoms with Gasteiger partial charge in [0.05, 0.1) is 26.4 Å². The average molecular weight is 475 g/mol. The lowest BCUT2D eigenvalue weighted by Crippen LogP contribution is -2.42. The zero-order chi connectivity index (χ0) is 26.0. The molecule has 0 saturated heterocycles. The lowest BCUT2D eigenvalue weighted by atomic mass is 9.78. The maximum atomic E-state index is 12.8. The number of terminal acetylenes is 2. The van der Waals surface area contributed by atoms with Crippen LogP contribution in [0.3, 0.4) is 0 Å². The monoisotopic (exact) mass is 474 g/mol. The number of esters is 4. The van der Waals surface area contributed by atoms with Crippen molar-refractivity contribution in [2.24, 2.45) is 10.8 Å². The van der Waals surface area contributed by atoms with E-state index in [-0.39, 0.29) is 65.0 Å². The molecule has 8 heteroatoms. The Bertz CT molecular complexity index is 743. The van der Waals surface area contributed by atoms with E-state index in [0.717, 1.165) is 0 Å². The highest BCUT2D eigenvalue weighted by Gasteiger charge is 2.49. The van der Waals surface area contributed by atoms with Crippen molar-refractivity contribution in [3.63, 3.8) is 0 Å². The van der Waals surface area contributed by atoms with E-state index in [4.69, 9.17) is 31.8 Å². The minimum Gasteiger partial charge on any atom is -0.465 e. The molecule has 0 saturated carbocycles. The summed E-state index contributed by atoms with van der Waals surface area (Å²) in [6.45, 7) is 6.63. The molecule has 8 nitrogen and oxygen atoms in total. The summed E-state index contributed by atoms with van der Waals surface area (Å²) in [4.78, 5) is 51.1. The minimum absolute atomic E-state index is 0.0339. The molecule has 186 valence electrons. The van der Waals surface area contributed by atoms with Crippen LogP contribution >= 0.6 is 0 Å². The van der Waals surface area contributed by atoms with Crippen LogP contribution in [0.15, 0.2) is 0 Å². The van der Waals surface area contributed by atoms with Crippen LogP contribution < -0.4 is 0 Å². The predicted molar refractivity (Wildman–Crippen MR) is 125 cm³/mol. The Hall–Kier alpha value is -3.44. The van der Waals surface area contributed by atoms with Gasteiger partial charge in [-0.15, -0.1) is 36.5 Å². The smallest absolute Gasteiger partial charge is 0.324 e. The van der Waals surface area contributed by atoms with Crippen molar-refractivity contribution in [2.45, 2.75) is 66.2 Å². The fraction of sp³-hybridized carbons (Fsp3) is 0.615. The summed E-state index contributed by atoms with van der Waals surface area (Å²) < 4.78 is 20.5. The van der Waals surface area contributed by atoms with E-state index in [9.17, 15) is 19.2 Å². The molecule has 0 atom stereocenters. The van der Waals surface area contributed by atoms with Crippen LogP contribution in [0.25, 0.3) is 0 Å². The molecule has 0 aromatic rings. The summed E-state index contributed by atoms with van der Waals surface area (Å²) in [7, 11) is 0. The zero-order valence-corrected chi connectivity index (χ0v) is 20.5. The highest BCUT2D eigenvalue weighted by Crippen LogP contribution is 2.34. The fourth-order valence-electron chi connectivity index (χ4n) is 3.12. The molecule has 0 N–H and O–H groups in total. The largest absolute Gasteiger partial charge is 0.465 e. The van der Waals surface area contributed by atoms with E-state index < -0.39 is 34.7 Å². The Morgan fingerprint density at radius 1 is 0.588 bits per heavy atom. The lowest BCUT2D eigenvalue weighted by Gasteiger charge is -2.27. The zero-order valence-electron chi connectivity index (χ0n) is 20.5. The second-order valence-corrected chi connectivity index (χ2v) is 7.16. The van der Waals surface area contributed by atoms with Gasteiger partial charge in [0.1, 0.15) is 0 Å². The van der Waals surface area contributed by atoms with Gasteiger partial charge in [-0.05, 0) is 40.5 Å². The van der Waals surface area contributed by atoms with E-state index in [1.165, 1.54) is 0 Å². The number of hydrogen-bond donors (Lipinski definition) is 0. The third kappa shape index (κ3) is 8.16. The second-order valence-electron chi connectivity index (χ2n) is 7.16. The van der Waals surface area contributed by atoms with Crippen LogP contribution in [-0.2, 0) is 38.1 Å². The normalized spacial score (nSPS) is 10.5. The molecule has 0 heterocycles. The standard InChI is InChI=1S/C26H34O8/c1-7-13-17-25(21(27)31-9-3,22(28)32-10-4)19-15-16-20-26(18-14-8-2,23(29)33-11-5)24(30)34-12-6/h1-2H,9-14,17-20H2,3-6H3. The summed E-state index contributed by atoms with van der Waals surface area (Å²) in [5.41, 5.74) is -3.47. The van der Waals surface area contributed by atoms with Crippen LogP contribution in [0.5, 0.6) is 0 Å². The molecule has 0 amide bonds. The highest BCUT2D eigenvalue weighted by molar-refractivity contribution is 6.01. The summed E-state index contributed by atoms with van der Waals surface area (Å²) in [5.74, 6) is 7.12. The first-order chi connectivity index (χ1) is 16.3. The third-order valence-corrected chi connectivity index (χ3v) is 4.96. The fourth-order valence-corrected chi connectivity index (χ4v) is 3.12. The predicted octanol–water partition coefficient (Wildman–Crippen LogP) is 2.82. The SMILES string of the molecule is C#CCCC(CC#CCC(CCC#C)(C(=O)OCC)C(=O)OCC)(C(=O)OCC)C(=O)OCC. The van der Waals surface area contributed by atoms with Crippen LogP contribution in [0.2, 0.25) is 0 Å². The molecular formula is C26H34O8. The van der Waals surface area contributed by atoms with Gasteiger partial charge < -0.3 is 18.9 Å². The van der Waals surface area contributed by atoms with E-state index in [1.54, 1.807) is 27.7 Å². The number of rotatable bonds is 14.